The van der Waals surface area contributed by atoms with Gasteiger partial charge >= 0.3 is 5.97 Å². The molecule has 0 saturated heterocycles. The largest absolute Gasteiger partial charge is 0.476 e. The van der Waals surface area contributed by atoms with Crippen molar-refractivity contribution in [2.24, 2.45) is 0 Å². The minimum atomic E-state index is -1.16. The van der Waals surface area contributed by atoms with Gasteiger partial charge in [-0.3, -0.25) is 0 Å². The molecule has 1 aromatic carbocycles. The van der Waals surface area contributed by atoms with Crippen molar-refractivity contribution in [3.63, 3.8) is 0 Å². The molecular weight excluding hydrogens is 305 g/mol. The summed E-state index contributed by atoms with van der Waals surface area (Å²) >= 11 is 3.12. The first-order valence-corrected chi connectivity index (χ1v) is 6.00. The van der Waals surface area contributed by atoms with Crippen LogP contribution in [0.3, 0.4) is 0 Å². The molecule has 2 aromatic rings. The third-order valence-corrected chi connectivity index (χ3v) is 3.08. The van der Waals surface area contributed by atoms with E-state index in [4.69, 9.17) is 9.63 Å². The normalized spacial score (nSPS) is 10.6. The molecule has 0 aliphatic heterocycles. The van der Waals surface area contributed by atoms with Gasteiger partial charge in [0.1, 0.15) is 5.82 Å². The maximum absolute atomic E-state index is 13.6. The zero-order valence-electron chi connectivity index (χ0n) is 9.41. The van der Waals surface area contributed by atoms with E-state index in [-0.39, 0.29) is 11.5 Å². The molecule has 0 unspecified atom stereocenters. The summed E-state index contributed by atoms with van der Waals surface area (Å²) in [6, 6.07) is 4.45. The first kappa shape index (κ1) is 12.8. The predicted molar refractivity (Wildman–Crippen MR) is 65.9 cm³/mol. The van der Waals surface area contributed by atoms with Crippen LogP contribution in [0.25, 0.3) is 11.3 Å². The van der Waals surface area contributed by atoms with Gasteiger partial charge in [-0.15, -0.1) is 0 Å². The van der Waals surface area contributed by atoms with E-state index in [2.05, 4.69) is 21.1 Å². The van der Waals surface area contributed by atoms with Gasteiger partial charge in [0, 0.05) is 11.6 Å². The Kier molecular flexibility index (Phi) is 3.47. The number of hydrogen-bond acceptors (Lipinski definition) is 3. The standard InChI is InChI=1S/C12H9BrFNO3/c1-2-6-3-7(4-8(13)11(6)14)10-5-9(12(16)17)15-18-10/h3-5H,2H2,1H3,(H,16,17). The highest BCUT2D eigenvalue weighted by Crippen LogP contribution is 2.28. The molecule has 1 aromatic heterocycles. The molecule has 0 fully saturated rings. The summed E-state index contributed by atoms with van der Waals surface area (Å²) in [5, 5.41) is 12.2. The number of aryl methyl sites for hydroxylation is 1. The van der Waals surface area contributed by atoms with Crippen molar-refractivity contribution in [1.82, 2.24) is 5.16 Å². The minimum Gasteiger partial charge on any atom is -0.476 e. The quantitative estimate of drug-likeness (QED) is 0.942. The molecule has 1 N–H and O–H groups in total. The third-order valence-electron chi connectivity index (χ3n) is 2.50. The maximum Gasteiger partial charge on any atom is 0.358 e. The Labute approximate surface area is 111 Å². The van der Waals surface area contributed by atoms with Crippen LogP contribution in [-0.4, -0.2) is 16.2 Å². The van der Waals surface area contributed by atoms with Crippen LogP contribution >= 0.6 is 15.9 Å². The van der Waals surface area contributed by atoms with Crippen LogP contribution in [0.2, 0.25) is 0 Å². The van der Waals surface area contributed by atoms with Crippen LogP contribution in [0.4, 0.5) is 4.39 Å². The van der Waals surface area contributed by atoms with E-state index in [9.17, 15) is 9.18 Å². The molecule has 0 aliphatic carbocycles. The van der Waals surface area contributed by atoms with Crippen molar-refractivity contribution < 1.29 is 18.8 Å². The van der Waals surface area contributed by atoms with Gasteiger partial charge in [0.15, 0.2) is 11.5 Å². The minimum absolute atomic E-state index is 0.177. The smallest absolute Gasteiger partial charge is 0.358 e. The number of carboxylic acids is 1. The number of halogens is 2. The predicted octanol–water partition coefficient (Wildman–Crippen LogP) is 3.50. The summed E-state index contributed by atoms with van der Waals surface area (Å²) in [7, 11) is 0. The Hall–Kier alpha value is -1.69. The first-order valence-electron chi connectivity index (χ1n) is 5.21. The Balaban J connectivity index is 2.50. The number of carboxylic acid groups (broad SMARTS) is 1. The molecule has 2 rings (SSSR count). The fourth-order valence-electron chi connectivity index (χ4n) is 1.56. The number of carbonyl (C=O) groups is 1. The molecule has 0 saturated carbocycles. The summed E-state index contributed by atoms with van der Waals surface area (Å²) in [6.45, 7) is 1.83. The molecule has 0 amide bonds. The summed E-state index contributed by atoms with van der Waals surface area (Å²) < 4.78 is 18.9. The monoisotopic (exact) mass is 313 g/mol. The highest BCUT2D eigenvalue weighted by molar-refractivity contribution is 9.10. The van der Waals surface area contributed by atoms with Crippen LogP contribution in [0.15, 0.2) is 27.2 Å². The van der Waals surface area contributed by atoms with Crippen LogP contribution in [0.1, 0.15) is 23.0 Å². The maximum atomic E-state index is 13.6. The number of nitrogens with zero attached hydrogens (tertiary/aromatic N) is 1. The molecule has 0 radical (unpaired) electrons. The number of hydrogen-bond donors (Lipinski definition) is 1. The van der Waals surface area contributed by atoms with Gasteiger partial charge in [0.25, 0.3) is 0 Å². The Morgan fingerprint density at radius 1 is 1.50 bits per heavy atom. The molecule has 18 heavy (non-hydrogen) atoms. The second-order valence-electron chi connectivity index (χ2n) is 3.67. The van der Waals surface area contributed by atoms with Crippen LogP contribution in [0, 0.1) is 5.82 Å². The van der Waals surface area contributed by atoms with Gasteiger partial charge in [-0.25, -0.2) is 9.18 Å². The molecule has 6 heteroatoms. The van der Waals surface area contributed by atoms with E-state index in [1.165, 1.54) is 12.1 Å². The number of aromatic carboxylic acids is 1. The molecular formula is C12H9BrFNO3. The number of aromatic nitrogens is 1. The average molecular weight is 314 g/mol. The summed E-state index contributed by atoms with van der Waals surface area (Å²) in [6.07, 6.45) is 0.526. The second kappa shape index (κ2) is 4.89. The lowest BCUT2D eigenvalue weighted by Gasteiger charge is -2.04. The van der Waals surface area contributed by atoms with Crippen molar-refractivity contribution in [1.29, 1.82) is 0 Å². The van der Waals surface area contributed by atoms with E-state index in [0.29, 0.717) is 27.8 Å². The van der Waals surface area contributed by atoms with Crippen LogP contribution in [-0.2, 0) is 6.42 Å². The lowest BCUT2D eigenvalue weighted by atomic mass is 10.1. The van der Waals surface area contributed by atoms with Crippen molar-refractivity contribution in [2.75, 3.05) is 0 Å². The summed E-state index contributed by atoms with van der Waals surface area (Å²) in [5.41, 5.74) is 0.927. The van der Waals surface area contributed by atoms with Gasteiger partial charge in [0.2, 0.25) is 0 Å². The lowest BCUT2D eigenvalue weighted by molar-refractivity contribution is 0.0686. The van der Waals surface area contributed by atoms with E-state index in [1.54, 1.807) is 6.07 Å². The van der Waals surface area contributed by atoms with Crippen molar-refractivity contribution in [2.45, 2.75) is 13.3 Å². The van der Waals surface area contributed by atoms with Crippen molar-refractivity contribution in [3.05, 3.63) is 39.7 Å². The van der Waals surface area contributed by atoms with Gasteiger partial charge in [0.05, 0.1) is 4.47 Å². The Morgan fingerprint density at radius 3 is 2.78 bits per heavy atom. The lowest BCUT2D eigenvalue weighted by Crippen LogP contribution is -1.94. The summed E-state index contributed by atoms with van der Waals surface area (Å²) in [4.78, 5) is 10.7. The van der Waals surface area contributed by atoms with E-state index in [1.807, 2.05) is 6.92 Å². The van der Waals surface area contributed by atoms with E-state index < -0.39 is 5.97 Å². The number of benzene rings is 1. The molecule has 94 valence electrons. The fourth-order valence-corrected chi connectivity index (χ4v) is 2.06. The second-order valence-corrected chi connectivity index (χ2v) is 4.52. The zero-order valence-corrected chi connectivity index (χ0v) is 11.0. The fraction of sp³-hybridized carbons (Fsp3) is 0.167. The van der Waals surface area contributed by atoms with E-state index >= 15 is 0 Å². The molecule has 0 spiro atoms. The average Bonchev–Trinajstić information content (AvgIpc) is 2.82. The topological polar surface area (TPSA) is 63.3 Å². The zero-order chi connectivity index (χ0) is 13.3. The Bertz CT molecular complexity index is 609. The van der Waals surface area contributed by atoms with Crippen molar-refractivity contribution in [3.8, 4) is 11.3 Å². The molecule has 1 heterocycles. The third kappa shape index (κ3) is 2.28. The molecule has 4 nitrogen and oxygen atoms in total. The first-order chi connectivity index (χ1) is 8.52. The van der Waals surface area contributed by atoms with Gasteiger partial charge in [-0.1, -0.05) is 12.1 Å². The van der Waals surface area contributed by atoms with Crippen molar-refractivity contribution >= 4 is 21.9 Å². The van der Waals surface area contributed by atoms with Gasteiger partial charge in [-0.05, 0) is 40.0 Å². The van der Waals surface area contributed by atoms with Gasteiger partial charge < -0.3 is 9.63 Å². The molecule has 0 bridgehead atoms. The number of rotatable bonds is 3. The highest BCUT2D eigenvalue weighted by Gasteiger charge is 2.15. The molecule has 0 aliphatic rings. The SMILES string of the molecule is CCc1cc(-c2cc(C(=O)O)no2)cc(Br)c1F. The molecule has 0 atom stereocenters. The van der Waals surface area contributed by atoms with Crippen LogP contribution < -0.4 is 0 Å². The van der Waals surface area contributed by atoms with E-state index in [0.717, 1.165) is 0 Å². The Morgan fingerprint density at radius 2 is 2.22 bits per heavy atom. The van der Waals surface area contributed by atoms with Crippen LogP contribution in [0.5, 0.6) is 0 Å². The highest BCUT2D eigenvalue weighted by atomic mass is 79.9. The van der Waals surface area contributed by atoms with Gasteiger partial charge in [-0.2, -0.15) is 0 Å². The summed E-state index contributed by atoms with van der Waals surface area (Å²) in [5.74, 6) is -1.19.